The molecule has 0 atom stereocenters. The van der Waals surface area contributed by atoms with Crippen LogP contribution in [-0.4, -0.2) is 25.9 Å². The van der Waals surface area contributed by atoms with Gasteiger partial charge in [-0.3, -0.25) is 4.68 Å². The van der Waals surface area contributed by atoms with Crippen LogP contribution in [0.15, 0.2) is 30.9 Å². The van der Waals surface area contributed by atoms with Crippen molar-refractivity contribution in [2.75, 3.05) is 6.54 Å². The Labute approximate surface area is 101 Å². The van der Waals surface area contributed by atoms with Crippen LogP contribution in [-0.2, 0) is 19.6 Å². The summed E-state index contributed by atoms with van der Waals surface area (Å²) in [5, 5.41) is 7.53. The maximum absolute atomic E-state index is 4.35. The van der Waals surface area contributed by atoms with Crippen molar-refractivity contribution in [2.24, 2.45) is 0 Å². The third-order valence-electron chi connectivity index (χ3n) is 2.63. The Hall–Kier alpha value is -1.62. The number of aromatic nitrogens is 4. The Morgan fingerprint density at radius 2 is 2.18 bits per heavy atom. The van der Waals surface area contributed by atoms with Gasteiger partial charge in [0.15, 0.2) is 0 Å². The number of nitrogens with one attached hydrogen (secondary N) is 1. The van der Waals surface area contributed by atoms with E-state index in [-0.39, 0.29) is 0 Å². The highest BCUT2D eigenvalue weighted by molar-refractivity contribution is 4.91. The third-order valence-corrected chi connectivity index (χ3v) is 2.63. The van der Waals surface area contributed by atoms with Crippen LogP contribution in [0, 0.1) is 0 Å². The lowest BCUT2D eigenvalue weighted by molar-refractivity contribution is 0.532. The first-order valence-electron chi connectivity index (χ1n) is 6.08. The first kappa shape index (κ1) is 11.9. The minimum atomic E-state index is 0.814. The van der Waals surface area contributed by atoms with E-state index in [1.165, 1.54) is 0 Å². The molecule has 2 rings (SSSR count). The quantitative estimate of drug-likeness (QED) is 0.733. The molecule has 5 heteroatoms. The van der Waals surface area contributed by atoms with E-state index in [1.54, 1.807) is 6.20 Å². The van der Waals surface area contributed by atoms with Crippen molar-refractivity contribution in [2.45, 2.75) is 33.0 Å². The number of imidazole rings is 1. The molecule has 0 aliphatic carbocycles. The van der Waals surface area contributed by atoms with Crippen LogP contribution >= 0.6 is 0 Å². The van der Waals surface area contributed by atoms with Gasteiger partial charge in [0.2, 0.25) is 0 Å². The normalized spacial score (nSPS) is 10.9. The van der Waals surface area contributed by atoms with E-state index >= 15 is 0 Å². The summed E-state index contributed by atoms with van der Waals surface area (Å²) in [7, 11) is 0. The summed E-state index contributed by atoms with van der Waals surface area (Å²) in [6.07, 6.45) is 8.80. The highest BCUT2D eigenvalue weighted by atomic mass is 15.3. The molecule has 0 fully saturated rings. The summed E-state index contributed by atoms with van der Waals surface area (Å²) >= 11 is 0. The molecule has 0 unspecified atom stereocenters. The molecule has 2 aromatic heterocycles. The van der Waals surface area contributed by atoms with Crippen molar-refractivity contribution in [1.82, 2.24) is 24.6 Å². The minimum absolute atomic E-state index is 0.814. The van der Waals surface area contributed by atoms with Gasteiger partial charge in [-0.15, -0.1) is 0 Å². The smallest absolute Gasteiger partial charge is 0.122 e. The van der Waals surface area contributed by atoms with Crippen LogP contribution in [0.4, 0.5) is 0 Å². The molecular weight excluding hydrogens is 214 g/mol. The number of hydrogen-bond acceptors (Lipinski definition) is 3. The van der Waals surface area contributed by atoms with Crippen LogP contribution in [0.25, 0.3) is 0 Å². The van der Waals surface area contributed by atoms with E-state index in [9.17, 15) is 0 Å². The van der Waals surface area contributed by atoms with E-state index in [0.717, 1.165) is 38.4 Å². The number of nitrogens with zero attached hydrogens (tertiary/aromatic N) is 4. The van der Waals surface area contributed by atoms with Gasteiger partial charge >= 0.3 is 0 Å². The van der Waals surface area contributed by atoms with Gasteiger partial charge in [0.05, 0.1) is 13.1 Å². The fourth-order valence-electron chi connectivity index (χ4n) is 1.78. The summed E-state index contributed by atoms with van der Waals surface area (Å²) in [5.41, 5.74) is 0. The second kappa shape index (κ2) is 6.20. The Morgan fingerprint density at radius 1 is 1.24 bits per heavy atom. The lowest BCUT2D eigenvalue weighted by Gasteiger charge is -2.07. The molecule has 1 N–H and O–H groups in total. The van der Waals surface area contributed by atoms with E-state index in [1.807, 2.05) is 29.3 Å². The zero-order chi connectivity index (χ0) is 11.9. The Bertz CT molecular complexity index is 418. The topological polar surface area (TPSA) is 47.7 Å². The minimum Gasteiger partial charge on any atom is -0.334 e. The van der Waals surface area contributed by atoms with Crippen LogP contribution in [0.2, 0.25) is 0 Å². The van der Waals surface area contributed by atoms with Gasteiger partial charge in [0, 0.05) is 37.9 Å². The molecular formula is C12H19N5. The number of aryl methyl sites for hydroxylation is 1. The largest absolute Gasteiger partial charge is 0.334 e. The summed E-state index contributed by atoms with van der Waals surface area (Å²) in [5.74, 6) is 1.10. The van der Waals surface area contributed by atoms with E-state index in [2.05, 4.69) is 26.9 Å². The average molecular weight is 233 g/mol. The third kappa shape index (κ3) is 3.42. The predicted molar refractivity (Wildman–Crippen MR) is 66.5 cm³/mol. The second-order valence-electron chi connectivity index (χ2n) is 3.98. The molecule has 0 aliphatic rings. The molecule has 0 aromatic carbocycles. The van der Waals surface area contributed by atoms with Crippen molar-refractivity contribution in [3.63, 3.8) is 0 Å². The average Bonchev–Trinajstić information content (AvgIpc) is 2.96. The second-order valence-corrected chi connectivity index (χ2v) is 3.98. The van der Waals surface area contributed by atoms with E-state index < -0.39 is 0 Å². The summed E-state index contributed by atoms with van der Waals surface area (Å²) in [6, 6.07) is 1.94. The van der Waals surface area contributed by atoms with Gasteiger partial charge in [-0.05, 0) is 12.5 Å². The van der Waals surface area contributed by atoms with E-state index in [0.29, 0.717) is 0 Å². The zero-order valence-electron chi connectivity index (χ0n) is 10.2. The van der Waals surface area contributed by atoms with Crippen molar-refractivity contribution >= 4 is 0 Å². The van der Waals surface area contributed by atoms with Crippen LogP contribution < -0.4 is 5.32 Å². The molecule has 0 saturated carbocycles. The van der Waals surface area contributed by atoms with E-state index in [4.69, 9.17) is 0 Å². The summed E-state index contributed by atoms with van der Waals surface area (Å²) in [4.78, 5) is 4.35. The fourth-order valence-corrected chi connectivity index (χ4v) is 1.78. The lowest BCUT2D eigenvalue weighted by Crippen LogP contribution is -2.21. The monoisotopic (exact) mass is 233 g/mol. The molecule has 5 nitrogen and oxygen atoms in total. The van der Waals surface area contributed by atoms with Crippen molar-refractivity contribution in [1.29, 1.82) is 0 Å². The molecule has 0 saturated heterocycles. The first-order valence-corrected chi connectivity index (χ1v) is 6.08. The number of rotatable bonds is 7. The summed E-state index contributed by atoms with van der Waals surface area (Å²) in [6.45, 7) is 5.82. The highest BCUT2D eigenvalue weighted by Crippen LogP contribution is 1.98. The molecule has 92 valence electrons. The van der Waals surface area contributed by atoms with Gasteiger partial charge in [0.1, 0.15) is 5.82 Å². The van der Waals surface area contributed by atoms with Gasteiger partial charge in [0.25, 0.3) is 0 Å². The highest BCUT2D eigenvalue weighted by Gasteiger charge is 2.00. The van der Waals surface area contributed by atoms with Gasteiger partial charge in [-0.1, -0.05) is 6.92 Å². The molecule has 17 heavy (non-hydrogen) atoms. The molecule has 0 spiro atoms. The van der Waals surface area contributed by atoms with Gasteiger partial charge in [-0.2, -0.15) is 5.10 Å². The fraction of sp³-hybridized carbons (Fsp3) is 0.500. The molecule has 0 amide bonds. The van der Waals surface area contributed by atoms with Crippen molar-refractivity contribution in [3.8, 4) is 0 Å². The SMILES string of the molecule is CCCn1ccnc1CNCCn1cccn1. The first-order chi connectivity index (χ1) is 8.40. The Kier molecular flexibility index (Phi) is 4.32. The zero-order valence-corrected chi connectivity index (χ0v) is 10.2. The molecule has 2 heterocycles. The predicted octanol–water partition coefficient (Wildman–Crippen LogP) is 1.28. The van der Waals surface area contributed by atoms with Crippen LogP contribution in [0.5, 0.6) is 0 Å². The van der Waals surface area contributed by atoms with Crippen molar-refractivity contribution < 1.29 is 0 Å². The van der Waals surface area contributed by atoms with Crippen LogP contribution in [0.3, 0.4) is 0 Å². The van der Waals surface area contributed by atoms with Gasteiger partial charge < -0.3 is 9.88 Å². The molecule has 0 radical (unpaired) electrons. The molecule has 0 aliphatic heterocycles. The number of hydrogen-bond donors (Lipinski definition) is 1. The Morgan fingerprint density at radius 3 is 2.94 bits per heavy atom. The maximum Gasteiger partial charge on any atom is 0.122 e. The standard InChI is InChI=1S/C12H19N5/c1-2-7-16-9-6-14-12(16)11-13-5-10-17-8-3-4-15-17/h3-4,6,8-9,13H,2,5,7,10-11H2,1H3. The maximum atomic E-state index is 4.35. The van der Waals surface area contributed by atoms with Crippen LogP contribution in [0.1, 0.15) is 19.2 Å². The Balaban J connectivity index is 1.72. The van der Waals surface area contributed by atoms with Crippen molar-refractivity contribution in [3.05, 3.63) is 36.7 Å². The summed E-state index contributed by atoms with van der Waals surface area (Å²) < 4.78 is 4.12. The molecule has 2 aromatic rings. The molecule has 0 bridgehead atoms. The lowest BCUT2D eigenvalue weighted by atomic mass is 10.4. The van der Waals surface area contributed by atoms with Gasteiger partial charge in [-0.25, -0.2) is 4.98 Å².